The number of likely N-dealkylation sites (tertiary alicyclic amines) is 1. The van der Waals surface area contributed by atoms with Crippen LogP contribution >= 0.6 is 11.6 Å². The Labute approximate surface area is 263 Å². The molecule has 0 radical (unpaired) electrons. The maximum atomic E-state index is 14.3. The summed E-state index contributed by atoms with van der Waals surface area (Å²) < 4.78 is 53.9. The number of hydrogen-bond acceptors (Lipinski definition) is 6. The van der Waals surface area contributed by atoms with E-state index in [0.29, 0.717) is 38.9 Å². The van der Waals surface area contributed by atoms with E-state index in [2.05, 4.69) is 0 Å². The smallest absolute Gasteiger partial charge is 0.331 e. The van der Waals surface area contributed by atoms with Crippen molar-refractivity contribution in [3.05, 3.63) is 91.2 Å². The Hall–Kier alpha value is -3.84. The monoisotopic (exact) mass is 662 g/mol. The van der Waals surface area contributed by atoms with Gasteiger partial charge < -0.3 is 9.80 Å². The number of carbonyl (C=O) groups excluding carboxylic acids is 2. The molecule has 2 aliphatic heterocycles. The van der Waals surface area contributed by atoms with Crippen LogP contribution < -0.4 is 11.2 Å². The molecular weight excluding hydrogens is 630 g/mol. The third-order valence-corrected chi connectivity index (χ3v) is 9.90. The number of fused-ring (bicyclic) bond motifs is 1. The minimum atomic E-state index is -3.60. The number of nitrogens with zero attached hydrogens (tertiary/aromatic N) is 4. The van der Waals surface area contributed by atoms with Crippen LogP contribution in [0.2, 0.25) is 5.02 Å². The molecule has 0 saturated carbocycles. The lowest BCUT2D eigenvalue weighted by Crippen LogP contribution is -2.50. The maximum Gasteiger partial charge on any atom is 0.331 e. The van der Waals surface area contributed by atoms with E-state index in [1.807, 2.05) is 0 Å². The first-order valence-electron chi connectivity index (χ1n) is 14.6. The van der Waals surface area contributed by atoms with Crippen LogP contribution in [0, 0.1) is 11.6 Å². The SMILES string of the molecule is C[C@H](CS(C)(=O)=O)n1c(=O)c(-c2cccc(F)c2Cl)cn(CC(=O)N2CCC(N3CCc4cc(F)ccc4CC3=O)CC2)c1=O. The van der Waals surface area contributed by atoms with E-state index < -0.39 is 51.2 Å². The van der Waals surface area contributed by atoms with Crippen molar-refractivity contribution in [1.82, 2.24) is 18.9 Å². The molecule has 5 rings (SSSR count). The average Bonchev–Trinajstić information content (AvgIpc) is 3.13. The number of sulfone groups is 1. The van der Waals surface area contributed by atoms with E-state index in [1.165, 1.54) is 31.2 Å². The van der Waals surface area contributed by atoms with Gasteiger partial charge in [-0.2, -0.15) is 0 Å². The molecule has 2 aromatic carbocycles. The zero-order chi connectivity index (χ0) is 32.6. The van der Waals surface area contributed by atoms with Crippen LogP contribution in [0.15, 0.2) is 52.2 Å². The van der Waals surface area contributed by atoms with Crippen molar-refractivity contribution in [1.29, 1.82) is 0 Å². The van der Waals surface area contributed by atoms with Gasteiger partial charge in [-0.05, 0) is 55.5 Å². The molecule has 0 unspecified atom stereocenters. The summed E-state index contributed by atoms with van der Waals surface area (Å²) >= 11 is 6.16. The zero-order valence-corrected chi connectivity index (χ0v) is 26.4. The molecule has 3 heterocycles. The Morgan fingerprint density at radius 3 is 2.42 bits per heavy atom. The molecular formula is C31H33ClF2N4O6S. The van der Waals surface area contributed by atoms with E-state index in [1.54, 1.807) is 15.9 Å². The number of hydrogen-bond donors (Lipinski definition) is 0. The van der Waals surface area contributed by atoms with Gasteiger partial charge in [-0.25, -0.2) is 22.0 Å². The lowest BCUT2D eigenvalue weighted by molar-refractivity contribution is -0.136. The number of amides is 2. The van der Waals surface area contributed by atoms with Gasteiger partial charge in [-0.3, -0.25) is 23.5 Å². The van der Waals surface area contributed by atoms with Crippen molar-refractivity contribution in [3.63, 3.8) is 0 Å². The highest BCUT2D eigenvalue weighted by Gasteiger charge is 2.32. The van der Waals surface area contributed by atoms with Crippen molar-refractivity contribution < 1.29 is 26.8 Å². The number of rotatable bonds is 7. The minimum absolute atomic E-state index is 0.00371. The molecule has 14 heteroatoms. The summed E-state index contributed by atoms with van der Waals surface area (Å²) in [5.74, 6) is -2.12. The first-order chi connectivity index (χ1) is 21.2. The number of halogens is 3. The Morgan fingerprint density at radius 2 is 1.73 bits per heavy atom. The molecule has 2 aliphatic rings. The summed E-state index contributed by atoms with van der Waals surface area (Å²) in [6.07, 6.45) is 3.86. The normalized spacial score (nSPS) is 16.8. The summed E-state index contributed by atoms with van der Waals surface area (Å²) in [5, 5.41) is -0.355. The summed E-state index contributed by atoms with van der Waals surface area (Å²) in [5.41, 5.74) is -0.285. The second-order valence-electron chi connectivity index (χ2n) is 11.7. The fraction of sp³-hybridized carbons (Fsp3) is 0.419. The highest BCUT2D eigenvalue weighted by molar-refractivity contribution is 7.90. The summed E-state index contributed by atoms with van der Waals surface area (Å²) in [4.78, 5) is 56.9. The van der Waals surface area contributed by atoms with Gasteiger partial charge in [0.05, 0.1) is 28.8 Å². The van der Waals surface area contributed by atoms with Crippen molar-refractivity contribution in [2.24, 2.45) is 0 Å². The lowest BCUT2D eigenvalue weighted by Gasteiger charge is -2.38. The Kier molecular flexibility index (Phi) is 9.31. The number of benzene rings is 2. The second-order valence-corrected chi connectivity index (χ2v) is 14.3. The Bertz CT molecular complexity index is 1890. The van der Waals surface area contributed by atoms with Gasteiger partial charge >= 0.3 is 5.69 Å². The van der Waals surface area contributed by atoms with Crippen molar-refractivity contribution in [3.8, 4) is 11.1 Å². The first-order valence-corrected chi connectivity index (χ1v) is 17.0. The van der Waals surface area contributed by atoms with E-state index in [-0.39, 0.29) is 40.3 Å². The third-order valence-electron chi connectivity index (χ3n) is 8.43. The zero-order valence-electron chi connectivity index (χ0n) is 24.8. The minimum Gasteiger partial charge on any atom is -0.341 e. The Morgan fingerprint density at radius 1 is 1.02 bits per heavy atom. The number of carbonyl (C=O) groups is 2. The molecule has 45 heavy (non-hydrogen) atoms. The lowest BCUT2D eigenvalue weighted by atomic mass is 10.0. The van der Waals surface area contributed by atoms with Crippen LogP contribution in [0.5, 0.6) is 0 Å². The largest absolute Gasteiger partial charge is 0.341 e. The molecule has 2 amide bonds. The standard InChI is InChI=1S/C31H33ClF2N4O6S/c1-19(18-45(2,43)44)38-30(41)25(24-4-3-5-26(34)29(24)32)16-36(31(38)42)17-28(40)35-11-9-23(10-12-35)37-13-8-21-14-22(33)7-6-20(21)15-27(37)39/h3-7,14,16,19,23H,8-13,15,17-18H2,1-2H3/t19-/m1/s1. The van der Waals surface area contributed by atoms with Crippen LogP contribution in [0.3, 0.4) is 0 Å². The first kappa shape index (κ1) is 32.6. The molecule has 0 bridgehead atoms. The topological polar surface area (TPSA) is 119 Å². The van der Waals surface area contributed by atoms with Gasteiger partial charge in [0.2, 0.25) is 11.8 Å². The van der Waals surface area contributed by atoms with Crippen molar-refractivity contribution in [2.75, 3.05) is 31.6 Å². The van der Waals surface area contributed by atoms with Gasteiger partial charge in [0.25, 0.3) is 5.56 Å². The fourth-order valence-corrected chi connectivity index (χ4v) is 7.47. The van der Waals surface area contributed by atoms with Crippen molar-refractivity contribution >= 4 is 33.3 Å². The molecule has 10 nitrogen and oxygen atoms in total. The van der Waals surface area contributed by atoms with E-state index >= 15 is 0 Å². The van der Waals surface area contributed by atoms with Crippen LogP contribution in [0.25, 0.3) is 11.1 Å². The van der Waals surface area contributed by atoms with E-state index in [4.69, 9.17) is 11.6 Å². The highest BCUT2D eigenvalue weighted by Crippen LogP contribution is 2.28. The quantitative estimate of drug-likeness (QED) is 0.384. The Balaban J connectivity index is 1.36. The van der Waals surface area contributed by atoms with Gasteiger partial charge in [-0.1, -0.05) is 29.8 Å². The average molecular weight is 663 g/mol. The van der Waals surface area contributed by atoms with Crippen LogP contribution in [-0.4, -0.2) is 76.9 Å². The molecule has 0 spiro atoms. The third kappa shape index (κ3) is 7.04. The van der Waals surface area contributed by atoms with E-state index in [9.17, 15) is 36.4 Å². The molecule has 0 aliphatic carbocycles. The molecule has 240 valence electrons. The van der Waals surface area contributed by atoms with Crippen LogP contribution in [0.4, 0.5) is 8.78 Å². The summed E-state index contributed by atoms with van der Waals surface area (Å²) in [6.45, 7) is 2.02. The summed E-state index contributed by atoms with van der Waals surface area (Å²) in [6, 6.07) is 7.12. The predicted octanol–water partition coefficient (Wildman–Crippen LogP) is 2.83. The predicted molar refractivity (Wildman–Crippen MR) is 165 cm³/mol. The fourth-order valence-electron chi connectivity index (χ4n) is 6.22. The van der Waals surface area contributed by atoms with Gasteiger partial charge in [0.1, 0.15) is 28.0 Å². The summed E-state index contributed by atoms with van der Waals surface area (Å²) in [7, 11) is -3.60. The van der Waals surface area contributed by atoms with Gasteiger partial charge in [-0.15, -0.1) is 0 Å². The van der Waals surface area contributed by atoms with Crippen molar-refractivity contribution in [2.45, 2.75) is 51.2 Å². The second kappa shape index (κ2) is 12.9. The molecule has 1 fully saturated rings. The number of aromatic nitrogens is 2. The molecule has 0 N–H and O–H groups in total. The highest BCUT2D eigenvalue weighted by atomic mass is 35.5. The van der Waals surface area contributed by atoms with Crippen LogP contribution in [-0.2, 0) is 38.8 Å². The molecule has 1 aromatic heterocycles. The molecule has 1 atom stereocenters. The molecule has 1 saturated heterocycles. The number of piperidine rings is 1. The van der Waals surface area contributed by atoms with Crippen LogP contribution in [0.1, 0.15) is 36.9 Å². The van der Waals surface area contributed by atoms with Gasteiger partial charge in [0, 0.05) is 43.7 Å². The maximum absolute atomic E-state index is 14.3. The van der Waals surface area contributed by atoms with Gasteiger partial charge in [0.15, 0.2) is 0 Å². The molecule has 3 aromatic rings. The van der Waals surface area contributed by atoms with E-state index in [0.717, 1.165) is 38.8 Å².